The summed E-state index contributed by atoms with van der Waals surface area (Å²) in [6.45, 7) is 2.41. The maximum Gasteiger partial charge on any atom is 0.106 e. The number of aromatic nitrogens is 1. The van der Waals surface area contributed by atoms with Crippen LogP contribution in [0.4, 0.5) is 0 Å². The minimum atomic E-state index is 0. The smallest absolute Gasteiger partial charge is 0.106 e. The Bertz CT molecular complexity index is 292. The van der Waals surface area contributed by atoms with E-state index in [0.717, 1.165) is 23.4 Å². The third kappa shape index (κ3) is 2.92. The summed E-state index contributed by atoms with van der Waals surface area (Å²) < 4.78 is 6.23. The zero-order valence-corrected chi connectivity index (χ0v) is 9.97. The summed E-state index contributed by atoms with van der Waals surface area (Å²) in [5.41, 5.74) is 1.04. The Hall–Kier alpha value is -0.160. The summed E-state index contributed by atoms with van der Waals surface area (Å²) in [5, 5.41) is 3.35. The first-order chi connectivity index (χ1) is 6.36. The summed E-state index contributed by atoms with van der Waals surface area (Å²) in [6.07, 6.45) is 0. The van der Waals surface area contributed by atoms with E-state index in [4.69, 9.17) is 4.74 Å². The van der Waals surface area contributed by atoms with Crippen LogP contribution in [0.5, 0.6) is 0 Å². The van der Waals surface area contributed by atoms with E-state index in [-0.39, 0.29) is 18.4 Å². The molecule has 1 aromatic heterocycles. The van der Waals surface area contributed by atoms with Gasteiger partial charge in [-0.2, -0.15) is 0 Å². The fraction of sp³-hybridized carbons (Fsp3) is 0.444. The topological polar surface area (TPSA) is 34.1 Å². The molecule has 0 saturated carbocycles. The lowest BCUT2D eigenvalue weighted by molar-refractivity contribution is 0.0756. The lowest BCUT2D eigenvalue weighted by Gasteiger charge is -2.23. The number of hydrogen-bond donors (Lipinski definition) is 1. The van der Waals surface area contributed by atoms with Gasteiger partial charge in [-0.15, -0.1) is 12.4 Å². The molecule has 1 fully saturated rings. The van der Waals surface area contributed by atoms with Gasteiger partial charge in [-0.25, -0.2) is 4.98 Å². The van der Waals surface area contributed by atoms with Crippen molar-refractivity contribution < 1.29 is 4.74 Å². The molecule has 0 spiro atoms. The first-order valence-corrected chi connectivity index (χ1v) is 5.09. The number of rotatable bonds is 1. The van der Waals surface area contributed by atoms with E-state index >= 15 is 0 Å². The number of nitrogens with zero attached hydrogens (tertiary/aromatic N) is 1. The normalized spacial score (nSPS) is 21.4. The summed E-state index contributed by atoms with van der Waals surface area (Å²) in [4.78, 5) is 4.37. The molecule has 0 aromatic carbocycles. The molecule has 5 heteroatoms. The first kappa shape index (κ1) is 11.9. The van der Waals surface area contributed by atoms with Crippen LogP contribution in [0.3, 0.4) is 0 Å². The summed E-state index contributed by atoms with van der Waals surface area (Å²) in [6, 6.07) is 6.17. The Morgan fingerprint density at radius 2 is 2.36 bits per heavy atom. The quantitative estimate of drug-likeness (QED) is 0.798. The fourth-order valence-corrected chi connectivity index (χ4v) is 1.73. The number of ether oxygens (including phenoxy) is 1. The van der Waals surface area contributed by atoms with E-state index in [0.29, 0.717) is 6.61 Å². The lowest BCUT2D eigenvalue weighted by atomic mass is 10.2. The fourth-order valence-electron chi connectivity index (χ4n) is 1.37. The Kier molecular flexibility index (Phi) is 4.81. The molecule has 1 aromatic rings. The van der Waals surface area contributed by atoms with Crippen LogP contribution in [0, 0.1) is 0 Å². The molecule has 14 heavy (non-hydrogen) atoms. The molecule has 0 amide bonds. The predicted molar refractivity (Wildman–Crippen MR) is 60.7 cm³/mol. The minimum Gasteiger partial charge on any atom is -0.378 e. The molecular weight excluding hydrogens is 267 g/mol. The maximum atomic E-state index is 5.36. The predicted octanol–water partition coefficient (Wildman–Crippen LogP) is 1.93. The van der Waals surface area contributed by atoms with E-state index < -0.39 is 0 Å². The Labute approximate surface area is 97.8 Å². The van der Waals surface area contributed by atoms with Crippen molar-refractivity contribution in [3.8, 4) is 0 Å². The number of halogens is 2. The van der Waals surface area contributed by atoms with Crippen LogP contribution in [0.1, 0.15) is 11.7 Å². The van der Waals surface area contributed by atoms with Gasteiger partial charge in [0.05, 0.1) is 24.9 Å². The summed E-state index contributed by atoms with van der Waals surface area (Å²) in [5.74, 6) is 0. The minimum absolute atomic E-state index is 0. The van der Waals surface area contributed by atoms with E-state index in [1.165, 1.54) is 0 Å². The van der Waals surface area contributed by atoms with Crippen LogP contribution in [0.25, 0.3) is 0 Å². The van der Waals surface area contributed by atoms with Crippen LogP contribution in [0.15, 0.2) is 22.8 Å². The molecule has 1 saturated heterocycles. The van der Waals surface area contributed by atoms with Crippen LogP contribution < -0.4 is 5.32 Å². The van der Waals surface area contributed by atoms with Crippen LogP contribution in [-0.2, 0) is 4.74 Å². The number of nitrogens with one attached hydrogen (secondary N) is 1. The van der Waals surface area contributed by atoms with Crippen LogP contribution >= 0.6 is 28.3 Å². The molecule has 1 aliphatic heterocycles. The van der Waals surface area contributed by atoms with Gasteiger partial charge in [-0.05, 0) is 28.1 Å². The van der Waals surface area contributed by atoms with Gasteiger partial charge < -0.3 is 10.1 Å². The van der Waals surface area contributed by atoms with Gasteiger partial charge in [0.2, 0.25) is 0 Å². The van der Waals surface area contributed by atoms with Crippen molar-refractivity contribution in [2.45, 2.75) is 6.04 Å². The SMILES string of the molecule is Brc1cccc([C@H]2COCCN2)n1.Cl. The van der Waals surface area contributed by atoms with Crippen molar-refractivity contribution in [1.82, 2.24) is 10.3 Å². The van der Waals surface area contributed by atoms with Gasteiger partial charge in [0, 0.05) is 6.54 Å². The van der Waals surface area contributed by atoms with Crippen molar-refractivity contribution in [2.24, 2.45) is 0 Å². The highest BCUT2D eigenvalue weighted by Gasteiger charge is 2.15. The second-order valence-electron chi connectivity index (χ2n) is 2.97. The second-order valence-corrected chi connectivity index (χ2v) is 3.78. The molecule has 0 unspecified atom stereocenters. The molecular formula is C9H12BrClN2O. The molecule has 3 nitrogen and oxygen atoms in total. The molecule has 2 heterocycles. The summed E-state index contributed by atoms with van der Waals surface area (Å²) in [7, 11) is 0. The Morgan fingerprint density at radius 3 is 3.00 bits per heavy atom. The Morgan fingerprint density at radius 1 is 1.50 bits per heavy atom. The van der Waals surface area contributed by atoms with E-state index in [1.807, 2.05) is 18.2 Å². The number of hydrogen-bond acceptors (Lipinski definition) is 3. The van der Waals surface area contributed by atoms with Crippen molar-refractivity contribution >= 4 is 28.3 Å². The van der Waals surface area contributed by atoms with Crippen molar-refractivity contribution in [3.63, 3.8) is 0 Å². The molecule has 78 valence electrons. The van der Waals surface area contributed by atoms with Crippen LogP contribution in [0.2, 0.25) is 0 Å². The van der Waals surface area contributed by atoms with E-state index in [1.54, 1.807) is 0 Å². The monoisotopic (exact) mass is 278 g/mol. The van der Waals surface area contributed by atoms with Gasteiger partial charge in [0.15, 0.2) is 0 Å². The van der Waals surface area contributed by atoms with E-state index in [9.17, 15) is 0 Å². The third-order valence-corrected chi connectivity index (χ3v) is 2.46. The molecule has 0 radical (unpaired) electrons. The van der Waals surface area contributed by atoms with Gasteiger partial charge in [-0.1, -0.05) is 6.07 Å². The molecule has 1 N–H and O–H groups in total. The lowest BCUT2D eigenvalue weighted by Crippen LogP contribution is -2.35. The zero-order chi connectivity index (χ0) is 9.10. The number of pyridine rings is 1. The van der Waals surface area contributed by atoms with Crippen LogP contribution in [-0.4, -0.2) is 24.7 Å². The highest BCUT2D eigenvalue weighted by atomic mass is 79.9. The van der Waals surface area contributed by atoms with Gasteiger partial charge in [0.1, 0.15) is 4.60 Å². The van der Waals surface area contributed by atoms with E-state index in [2.05, 4.69) is 26.2 Å². The standard InChI is InChI=1S/C9H11BrN2O.ClH/c10-9-3-1-2-7(12-9)8-6-13-5-4-11-8;/h1-3,8,11H,4-6H2;1H/t8-;/m1./s1. The third-order valence-electron chi connectivity index (χ3n) is 2.02. The largest absolute Gasteiger partial charge is 0.378 e. The molecule has 1 aliphatic rings. The average molecular weight is 280 g/mol. The van der Waals surface area contributed by atoms with Crippen molar-refractivity contribution in [2.75, 3.05) is 19.8 Å². The first-order valence-electron chi connectivity index (χ1n) is 4.30. The van der Waals surface area contributed by atoms with Gasteiger partial charge in [0.25, 0.3) is 0 Å². The summed E-state index contributed by atoms with van der Waals surface area (Å²) >= 11 is 3.35. The molecule has 1 atom stereocenters. The molecule has 2 rings (SSSR count). The maximum absolute atomic E-state index is 5.36. The Balaban J connectivity index is 0.000000980. The van der Waals surface area contributed by atoms with Crippen molar-refractivity contribution in [1.29, 1.82) is 0 Å². The van der Waals surface area contributed by atoms with Gasteiger partial charge in [-0.3, -0.25) is 0 Å². The zero-order valence-electron chi connectivity index (χ0n) is 7.57. The molecule has 0 aliphatic carbocycles. The molecule has 0 bridgehead atoms. The highest BCUT2D eigenvalue weighted by Crippen LogP contribution is 2.15. The van der Waals surface area contributed by atoms with Crippen molar-refractivity contribution in [3.05, 3.63) is 28.5 Å². The average Bonchev–Trinajstić information content (AvgIpc) is 2.19. The number of morpholine rings is 1. The highest BCUT2D eigenvalue weighted by molar-refractivity contribution is 9.10. The second kappa shape index (κ2) is 5.66. The van der Waals surface area contributed by atoms with Gasteiger partial charge >= 0.3 is 0 Å².